The molecule has 0 unspecified atom stereocenters. The van der Waals surface area contributed by atoms with Crippen molar-refractivity contribution in [2.24, 2.45) is 0 Å². The minimum Gasteiger partial charge on any atom is -0.351 e. The highest BCUT2D eigenvalue weighted by Crippen LogP contribution is 2.18. The predicted molar refractivity (Wildman–Crippen MR) is 70.4 cm³/mol. The third-order valence-corrected chi connectivity index (χ3v) is 3.86. The Morgan fingerprint density at radius 3 is 2.61 bits per heavy atom. The van der Waals surface area contributed by atoms with Crippen LogP contribution in [0.5, 0.6) is 0 Å². The first-order valence-corrected chi connectivity index (χ1v) is 8.14. The maximum absolute atomic E-state index is 11.9. The number of rotatable bonds is 6. The van der Waals surface area contributed by atoms with E-state index in [2.05, 4.69) is 5.32 Å². The molecule has 0 aliphatic rings. The minimum absolute atomic E-state index is 0.0494. The predicted octanol–water partition coefficient (Wildman–Crippen LogP) is 1.97. The molecule has 102 valence electrons. The van der Waals surface area contributed by atoms with Crippen molar-refractivity contribution in [3.8, 4) is 0 Å². The fourth-order valence-corrected chi connectivity index (χ4v) is 2.30. The summed E-state index contributed by atoms with van der Waals surface area (Å²) in [6, 6.07) is 1.30. The average Bonchev–Trinajstić information content (AvgIpc) is 2.72. The van der Waals surface area contributed by atoms with Gasteiger partial charge in [-0.3, -0.25) is 4.79 Å². The van der Waals surface area contributed by atoms with E-state index in [0.717, 1.165) is 12.8 Å². The molecule has 1 heterocycles. The van der Waals surface area contributed by atoms with E-state index < -0.39 is 9.05 Å². The average molecular weight is 293 g/mol. The molecule has 0 aliphatic heterocycles. The number of halogens is 1. The van der Waals surface area contributed by atoms with Crippen LogP contribution in [0.1, 0.15) is 37.2 Å². The summed E-state index contributed by atoms with van der Waals surface area (Å²) in [5.74, 6) is -0.281. The summed E-state index contributed by atoms with van der Waals surface area (Å²) in [5.41, 5.74) is 0.313. The Morgan fingerprint density at radius 1 is 1.44 bits per heavy atom. The molecule has 1 N–H and O–H groups in total. The molecule has 0 saturated carbocycles. The molecule has 5 nitrogen and oxygen atoms in total. The first-order chi connectivity index (χ1) is 8.40. The number of unbranched alkanes of at least 4 members (excludes halogenated alkanes) is 1. The summed E-state index contributed by atoms with van der Waals surface area (Å²) in [6.45, 7) is 4.93. The number of aryl methyl sites for hydroxylation is 1. The van der Waals surface area contributed by atoms with Crippen molar-refractivity contribution in [2.75, 3.05) is 6.54 Å². The third kappa shape index (κ3) is 3.74. The standard InChI is InChI=1S/C11H17ClN2O3S/c1-3-5-6-13-11(15)10-7-9(18(12,16)17)8-14(10)4-2/h7-8H,3-6H2,1-2H3,(H,13,15). The van der Waals surface area contributed by atoms with Gasteiger partial charge in [0.15, 0.2) is 0 Å². The zero-order valence-electron chi connectivity index (χ0n) is 10.4. The van der Waals surface area contributed by atoms with Gasteiger partial charge in [0.05, 0.1) is 0 Å². The summed E-state index contributed by atoms with van der Waals surface area (Å²) < 4.78 is 24.0. The molecule has 18 heavy (non-hydrogen) atoms. The van der Waals surface area contributed by atoms with Crippen LogP contribution in [0.25, 0.3) is 0 Å². The number of carbonyl (C=O) groups excluding carboxylic acids is 1. The second-order valence-electron chi connectivity index (χ2n) is 3.89. The molecule has 0 fully saturated rings. The Hall–Kier alpha value is -1.01. The van der Waals surface area contributed by atoms with Gasteiger partial charge in [0, 0.05) is 30.0 Å². The summed E-state index contributed by atoms with van der Waals surface area (Å²) in [6.07, 6.45) is 3.24. The molecule has 1 rings (SSSR count). The van der Waals surface area contributed by atoms with Crippen LogP contribution in [0.4, 0.5) is 0 Å². The van der Waals surface area contributed by atoms with E-state index in [9.17, 15) is 13.2 Å². The molecule has 7 heteroatoms. The first-order valence-electron chi connectivity index (χ1n) is 5.83. The first kappa shape index (κ1) is 15.0. The van der Waals surface area contributed by atoms with Crippen LogP contribution >= 0.6 is 10.7 Å². The highest BCUT2D eigenvalue weighted by molar-refractivity contribution is 8.13. The molecule has 1 amide bonds. The Balaban J connectivity index is 2.94. The molecule has 0 spiro atoms. The van der Waals surface area contributed by atoms with Crippen molar-refractivity contribution in [1.29, 1.82) is 0 Å². The zero-order valence-corrected chi connectivity index (χ0v) is 12.0. The summed E-state index contributed by atoms with van der Waals surface area (Å²) in [5, 5.41) is 2.74. The smallest absolute Gasteiger partial charge is 0.267 e. The maximum atomic E-state index is 11.9. The number of hydrogen-bond donors (Lipinski definition) is 1. The van der Waals surface area contributed by atoms with E-state index >= 15 is 0 Å². The van der Waals surface area contributed by atoms with Crippen LogP contribution < -0.4 is 5.32 Å². The van der Waals surface area contributed by atoms with E-state index in [1.165, 1.54) is 12.3 Å². The van der Waals surface area contributed by atoms with Gasteiger partial charge in [0.25, 0.3) is 15.0 Å². The number of hydrogen-bond acceptors (Lipinski definition) is 3. The van der Waals surface area contributed by atoms with Crippen LogP contribution in [0.3, 0.4) is 0 Å². The van der Waals surface area contributed by atoms with Gasteiger partial charge >= 0.3 is 0 Å². The normalized spacial score (nSPS) is 11.5. The van der Waals surface area contributed by atoms with E-state index in [1.54, 1.807) is 4.57 Å². The van der Waals surface area contributed by atoms with Gasteiger partial charge in [0.1, 0.15) is 10.6 Å². The Bertz CT molecular complexity index is 522. The molecule has 0 aromatic carbocycles. The van der Waals surface area contributed by atoms with Crippen LogP contribution in [0.15, 0.2) is 17.2 Å². The van der Waals surface area contributed by atoms with Crippen molar-refractivity contribution in [2.45, 2.75) is 38.1 Å². The molecule has 0 atom stereocenters. The second-order valence-corrected chi connectivity index (χ2v) is 6.46. The number of aromatic nitrogens is 1. The van der Waals surface area contributed by atoms with Crippen molar-refractivity contribution in [3.63, 3.8) is 0 Å². The van der Waals surface area contributed by atoms with Gasteiger partial charge < -0.3 is 9.88 Å². The SMILES string of the molecule is CCCCNC(=O)c1cc(S(=O)(=O)Cl)cn1CC. The van der Waals surface area contributed by atoms with Crippen LogP contribution in [0, 0.1) is 0 Å². The summed E-state index contributed by atoms with van der Waals surface area (Å²) in [7, 11) is 1.46. The molecule has 0 radical (unpaired) electrons. The number of nitrogens with zero attached hydrogens (tertiary/aromatic N) is 1. The molecular formula is C11H17ClN2O3S. The van der Waals surface area contributed by atoms with Gasteiger partial charge in [-0.25, -0.2) is 8.42 Å². The van der Waals surface area contributed by atoms with E-state index in [-0.39, 0.29) is 10.8 Å². The van der Waals surface area contributed by atoms with Gasteiger partial charge in [-0.2, -0.15) is 0 Å². The lowest BCUT2D eigenvalue weighted by molar-refractivity contribution is 0.0944. The lowest BCUT2D eigenvalue weighted by Gasteiger charge is -2.06. The quantitative estimate of drug-likeness (QED) is 0.644. The van der Waals surface area contributed by atoms with Crippen LogP contribution in [-0.2, 0) is 15.6 Å². The van der Waals surface area contributed by atoms with Crippen molar-refractivity contribution in [3.05, 3.63) is 18.0 Å². The summed E-state index contributed by atoms with van der Waals surface area (Å²) >= 11 is 0. The Kier molecular flexibility index (Phi) is 5.22. The second kappa shape index (κ2) is 6.24. The summed E-state index contributed by atoms with van der Waals surface area (Å²) in [4.78, 5) is 11.8. The number of nitrogens with one attached hydrogen (secondary N) is 1. The molecule has 0 bridgehead atoms. The van der Waals surface area contributed by atoms with Gasteiger partial charge in [-0.15, -0.1) is 0 Å². The lowest BCUT2D eigenvalue weighted by Crippen LogP contribution is -2.26. The van der Waals surface area contributed by atoms with Gasteiger partial charge in [0.2, 0.25) is 0 Å². The van der Waals surface area contributed by atoms with E-state index in [0.29, 0.717) is 18.8 Å². The molecule has 0 aliphatic carbocycles. The fraction of sp³-hybridized carbons (Fsp3) is 0.545. The lowest BCUT2D eigenvalue weighted by atomic mass is 10.3. The Labute approximate surface area is 112 Å². The topological polar surface area (TPSA) is 68.2 Å². The van der Waals surface area contributed by atoms with Crippen molar-refractivity contribution >= 4 is 25.6 Å². The third-order valence-electron chi connectivity index (χ3n) is 2.54. The highest BCUT2D eigenvalue weighted by Gasteiger charge is 2.18. The van der Waals surface area contributed by atoms with Crippen molar-refractivity contribution in [1.82, 2.24) is 9.88 Å². The molecular weight excluding hydrogens is 276 g/mol. The monoisotopic (exact) mass is 292 g/mol. The maximum Gasteiger partial charge on any atom is 0.267 e. The van der Waals surface area contributed by atoms with Crippen LogP contribution in [-0.4, -0.2) is 25.4 Å². The Morgan fingerprint density at radius 2 is 2.11 bits per heavy atom. The van der Waals surface area contributed by atoms with Crippen LogP contribution in [0.2, 0.25) is 0 Å². The highest BCUT2D eigenvalue weighted by atomic mass is 35.7. The van der Waals surface area contributed by atoms with Gasteiger partial charge in [-0.05, 0) is 19.4 Å². The number of amides is 1. The van der Waals surface area contributed by atoms with E-state index in [4.69, 9.17) is 10.7 Å². The van der Waals surface area contributed by atoms with Crippen molar-refractivity contribution < 1.29 is 13.2 Å². The van der Waals surface area contributed by atoms with Gasteiger partial charge in [-0.1, -0.05) is 13.3 Å². The largest absolute Gasteiger partial charge is 0.351 e. The minimum atomic E-state index is -3.80. The fourth-order valence-electron chi connectivity index (χ4n) is 1.54. The number of carbonyl (C=O) groups is 1. The zero-order chi connectivity index (χ0) is 13.8. The molecule has 1 aromatic rings. The molecule has 1 aromatic heterocycles. The van der Waals surface area contributed by atoms with E-state index in [1.807, 2.05) is 13.8 Å². The molecule has 0 saturated heterocycles.